The van der Waals surface area contributed by atoms with Gasteiger partial charge < -0.3 is 5.32 Å². The lowest BCUT2D eigenvalue weighted by atomic mass is 10.1. The van der Waals surface area contributed by atoms with Gasteiger partial charge >= 0.3 is 6.18 Å². The summed E-state index contributed by atoms with van der Waals surface area (Å²) < 4.78 is 40.4. The zero-order valence-electron chi connectivity index (χ0n) is 15.3. The SMILES string of the molecule is CC(Nc1nc2c(cnn2C(C)(C)C)c(=O)[nH]1)c1cccc(C(F)(F)F)c1. The maximum Gasteiger partial charge on any atom is 0.416 e. The number of fused-ring (bicyclic) bond motifs is 1. The molecule has 0 spiro atoms. The van der Waals surface area contributed by atoms with Gasteiger partial charge in [0.25, 0.3) is 5.56 Å². The first-order chi connectivity index (χ1) is 12.5. The van der Waals surface area contributed by atoms with Gasteiger partial charge in [0.15, 0.2) is 5.65 Å². The predicted molar refractivity (Wildman–Crippen MR) is 96.6 cm³/mol. The number of alkyl halides is 3. The summed E-state index contributed by atoms with van der Waals surface area (Å²) in [6.07, 6.45) is -2.97. The molecule has 2 N–H and O–H groups in total. The molecular formula is C18H20F3N5O. The average Bonchev–Trinajstić information content (AvgIpc) is 2.99. The van der Waals surface area contributed by atoms with E-state index in [1.807, 2.05) is 20.8 Å². The summed E-state index contributed by atoms with van der Waals surface area (Å²) in [5, 5.41) is 7.54. The molecule has 1 atom stereocenters. The summed E-state index contributed by atoms with van der Waals surface area (Å²) in [6, 6.07) is 4.53. The molecule has 144 valence electrons. The highest BCUT2D eigenvalue weighted by Gasteiger charge is 2.30. The van der Waals surface area contributed by atoms with Crippen molar-refractivity contribution in [2.24, 2.45) is 0 Å². The Morgan fingerprint density at radius 2 is 1.93 bits per heavy atom. The van der Waals surface area contributed by atoms with Crippen molar-refractivity contribution < 1.29 is 13.2 Å². The predicted octanol–water partition coefficient (Wildman–Crippen LogP) is 4.07. The van der Waals surface area contributed by atoms with E-state index in [2.05, 4.69) is 20.4 Å². The van der Waals surface area contributed by atoms with Crippen molar-refractivity contribution in [1.29, 1.82) is 0 Å². The summed E-state index contributed by atoms with van der Waals surface area (Å²) in [6.45, 7) is 7.49. The molecule has 0 saturated carbocycles. The minimum atomic E-state index is -4.42. The van der Waals surface area contributed by atoms with Gasteiger partial charge in [0.1, 0.15) is 5.39 Å². The monoisotopic (exact) mass is 379 g/mol. The number of aromatic amines is 1. The van der Waals surface area contributed by atoms with Crippen LogP contribution in [0.1, 0.15) is 44.9 Å². The molecule has 1 aromatic carbocycles. The highest BCUT2D eigenvalue weighted by atomic mass is 19.4. The van der Waals surface area contributed by atoms with Crippen LogP contribution in [0.25, 0.3) is 11.0 Å². The summed E-state index contributed by atoms with van der Waals surface area (Å²) in [5.74, 6) is 0.170. The second kappa shape index (κ2) is 6.40. The van der Waals surface area contributed by atoms with Crippen LogP contribution in [-0.2, 0) is 11.7 Å². The van der Waals surface area contributed by atoms with Crippen LogP contribution in [0.2, 0.25) is 0 Å². The zero-order chi connectivity index (χ0) is 20.0. The largest absolute Gasteiger partial charge is 0.416 e. The van der Waals surface area contributed by atoms with Gasteiger partial charge in [0, 0.05) is 0 Å². The van der Waals surface area contributed by atoms with Gasteiger partial charge in [0.2, 0.25) is 5.95 Å². The first-order valence-electron chi connectivity index (χ1n) is 8.39. The van der Waals surface area contributed by atoms with Crippen LogP contribution in [0.5, 0.6) is 0 Å². The quantitative estimate of drug-likeness (QED) is 0.719. The van der Waals surface area contributed by atoms with Gasteiger partial charge in [-0.15, -0.1) is 0 Å². The van der Waals surface area contributed by atoms with Crippen molar-refractivity contribution >= 4 is 17.0 Å². The van der Waals surface area contributed by atoms with E-state index in [1.54, 1.807) is 17.7 Å². The molecule has 2 heterocycles. The summed E-state index contributed by atoms with van der Waals surface area (Å²) in [5.41, 5.74) is -0.639. The molecule has 0 aliphatic carbocycles. The maximum absolute atomic E-state index is 12.9. The molecule has 27 heavy (non-hydrogen) atoms. The number of aromatic nitrogens is 4. The fourth-order valence-electron chi connectivity index (χ4n) is 2.75. The van der Waals surface area contributed by atoms with E-state index in [4.69, 9.17) is 0 Å². The topological polar surface area (TPSA) is 75.6 Å². The molecule has 2 aromatic heterocycles. The molecule has 0 amide bonds. The number of halogens is 3. The Morgan fingerprint density at radius 1 is 1.22 bits per heavy atom. The third-order valence-electron chi connectivity index (χ3n) is 4.14. The number of rotatable bonds is 3. The molecule has 3 aromatic rings. The highest BCUT2D eigenvalue weighted by Crippen LogP contribution is 2.31. The van der Waals surface area contributed by atoms with E-state index in [0.29, 0.717) is 16.6 Å². The van der Waals surface area contributed by atoms with Crippen LogP contribution >= 0.6 is 0 Å². The molecule has 0 saturated heterocycles. The van der Waals surface area contributed by atoms with Crippen molar-refractivity contribution in [1.82, 2.24) is 19.7 Å². The standard InChI is InChI=1S/C18H20F3N5O/c1-10(11-6-5-7-12(8-11)18(19,20)21)23-16-24-14-13(15(27)25-16)9-22-26(14)17(2,3)4/h5-10H,1-4H3,(H2,23,24,25,27). The molecule has 6 nitrogen and oxygen atoms in total. The number of hydrogen-bond acceptors (Lipinski definition) is 4. The van der Waals surface area contributed by atoms with Crippen LogP contribution in [-0.4, -0.2) is 19.7 Å². The van der Waals surface area contributed by atoms with E-state index >= 15 is 0 Å². The van der Waals surface area contributed by atoms with Crippen LogP contribution in [0.4, 0.5) is 19.1 Å². The van der Waals surface area contributed by atoms with Crippen LogP contribution in [0.3, 0.4) is 0 Å². The smallest absolute Gasteiger partial charge is 0.349 e. The molecular weight excluding hydrogens is 359 g/mol. The third-order valence-corrected chi connectivity index (χ3v) is 4.14. The molecule has 0 fully saturated rings. The van der Waals surface area contributed by atoms with E-state index in [-0.39, 0.29) is 17.0 Å². The van der Waals surface area contributed by atoms with E-state index < -0.39 is 17.8 Å². The Hall–Kier alpha value is -2.84. The van der Waals surface area contributed by atoms with Gasteiger partial charge in [-0.3, -0.25) is 9.78 Å². The van der Waals surface area contributed by atoms with Crippen LogP contribution in [0, 0.1) is 0 Å². The van der Waals surface area contributed by atoms with E-state index in [0.717, 1.165) is 12.1 Å². The first kappa shape index (κ1) is 18.9. The Morgan fingerprint density at radius 3 is 2.56 bits per heavy atom. The first-order valence-corrected chi connectivity index (χ1v) is 8.39. The molecule has 0 radical (unpaired) electrons. The molecule has 0 aliphatic heterocycles. The molecule has 9 heteroatoms. The van der Waals surface area contributed by atoms with Crippen molar-refractivity contribution in [3.63, 3.8) is 0 Å². The van der Waals surface area contributed by atoms with Crippen LogP contribution in [0.15, 0.2) is 35.3 Å². The highest BCUT2D eigenvalue weighted by molar-refractivity contribution is 5.74. The van der Waals surface area contributed by atoms with Crippen molar-refractivity contribution in [2.45, 2.75) is 45.5 Å². The average molecular weight is 379 g/mol. The lowest BCUT2D eigenvalue weighted by Gasteiger charge is -2.20. The Bertz CT molecular complexity index is 1030. The summed E-state index contributed by atoms with van der Waals surface area (Å²) in [7, 11) is 0. The fourth-order valence-corrected chi connectivity index (χ4v) is 2.75. The van der Waals surface area contributed by atoms with Gasteiger partial charge in [0.05, 0.1) is 23.3 Å². The Labute approximate surface area is 153 Å². The molecule has 0 aliphatic rings. The number of nitrogens with one attached hydrogen (secondary N) is 2. The number of benzene rings is 1. The number of hydrogen-bond donors (Lipinski definition) is 2. The molecule has 3 rings (SSSR count). The number of nitrogens with zero attached hydrogens (tertiary/aromatic N) is 3. The maximum atomic E-state index is 12.9. The van der Waals surface area contributed by atoms with E-state index in [9.17, 15) is 18.0 Å². The van der Waals surface area contributed by atoms with Crippen molar-refractivity contribution in [3.05, 3.63) is 51.9 Å². The number of H-pyrrole nitrogens is 1. The molecule has 0 bridgehead atoms. The Balaban J connectivity index is 1.96. The van der Waals surface area contributed by atoms with Crippen molar-refractivity contribution in [3.8, 4) is 0 Å². The fraction of sp³-hybridized carbons (Fsp3) is 0.389. The summed E-state index contributed by atoms with van der Waals surface area (Å²) in [4.78, 5) is 19.3. The van der Waals surface area contributed by atoms with Gasteiger partial charge in [-0.05, 0) is 45.4 Å². The second-order valence-electron chi connectivity index (χ2n) is 7.37. The summed E-state index contributed by atoms with van der Waals surface area (Å²) >= 11 is 0. The van der Waals surface area contributed by atoms with Gasteiger partial charge in [-0.1, -0.05) is 12.1 Å². The second-order valence-corrected chi connectivity index (χ2v) is 7.37. The minimum absolute atomic E-state index is 0.170. The van der Waals surface area contributed by atoms with Crippen molar-refractivity contribution in [2.75, 3.05) is 5.32 Å². The van der Waals surface area contributed by atoms with Crippen LogP contribution < -0.4 is 10.9 Å². The van der Waals surface area contributed by atoms with Gasteiger partial charge in [-0.2, -0.15) is 23.3 Å². The Kier molecular flexibility index (Phi) is 4.49. The van der Waals surface area contributed by atoms with Gasteiger partial charge in [-0.25, -0.2) is 4.68 Å². The van der Waals surface area contributed by atoms with E-state index in [1.165, 1.54) is 12.3 Å². The zero-order valence-corrected chi connectivity index (χ0v) is 15.3. The third kappa shape index (κ3) is 3.81. The normalized spacial score (nSPS) is 13.7. The lowest BCUT2D eigenvalue weighted by molar-refractivity contribution is -0.137. The minimum Gasteiger partial charge on any atom is -0.349 e. The lowest BCUT2D eigenvalue weighted by Crippen LogP contribution is -2.24. The molecule has 1 unspecified atom stereocenters. The number of anilines is 1.